The molecule has 0 saturated carbocycles. The number of ketones is 1. The first-order valence-electron chi connectivity index (χ1n) is 9.56. The minimum Gasteiger partial charge on any atom is -0.502 e. The van der Waals surface area contributed by atoms with Gasteiger partial charge < -0.3 is 39.0 Å². The van der Waals surface area contributed by atoms with Gasteiger partial charge in [-0.15, -0.1) is 0 Å². The molecule has 0 bridgehead atoms. The molecule has 0 unspecified atom stereocenters. The highest BCUT2D eigenvalue weighted by Crippen LogP contribution is 2.46. The lowest BCUT2D eigenvalue weighted by Crippen LogP contribution is -2.26. The first kappa shape index (κ1) is 22.5. The zero-order chi connectivity index (χ0) is 22.7. The second kappa shape index (κ2) is 9.32. The van der Waals surface area contributed by atoms with Crippen LogP contribution in [0.5, 0.6) is 34.5 Å². The number of hydrogen-bond donors (Lipinski definition) is 3. The Balaban J connectivity index is 1.95. The van der Waals surface area contributed by atoms with Crippen LogP contribution in [0.4, 0.5) is 0 Å². The van der Waals surface area contributed by atoms with Crippen molar-refractivity contribution in [1.29, 1.82) is 0 Å². The van der Waals surface area contributed by atoms with E-state index in [-0.39, 0.29) is 59.1 Å². The average Bonchev–Trinajstić information content (AvgIpc) is 3.23. The molecular weight excluding hydrogens is 408 g/mol. The van der Waals surface area contributed by atoms with Crippen LogP contribution in [-0.4, -0.2) is 62.8 Å². The van der Waals surface area contributed by atoms with Crippen molar-refractivity contribution in [3.05, 3.63) is 35.4 Å². The summed E-state index contributed by atoms with van der Waals surface area (Å²) in [7, 11) is 5.57. The van der Waals surface area contributed by atoms with Crippen LogP contribution in [0, 0.1) is 11.8 Å². The van der Waals surface area contributed by atoms with Crippen molar-refractivity contribution in [3.8, 4) is 34.5 Å². The van der Waals surface area contributed by atoms with Crippen LogP contribution in [0.3, 0.4) is 0 Å². The standard InChI is InChI=1S/C22H26O9/c1-27-15-5-11(6-16(28-2)20(15)25)19(24)14-10-31-22(13(14)9-23)12-7-17(29-3)21(26)18(8-12)30-4/h5-8,13-14,22-23,25-26H,9-10H2,1-4H3/t13-,14-,22+/m0/s1. The lowest BCUT2D eigenvalue weighted by molar-refractivity contribution is 0.0711. The molecule has 2 aromatic carbocycles. The van der Waals surface area contributed by atoms with Gasteiger partial charge in [-0.25, -0.2) is 0 Å². The van der Waals surface area contributed by atoms with E-state index in [4.69, 9.17) is 23.7 Å². The van der Waals surface area contributed by atoms with Crippen molar-refractivity contribution in [2.24, 2.45) is 11.8 Å². The number of phenolic OH excluding ortho intramolecular Hbond substituents is 2. The van der Waals surface area contributed by atoms with Crippen LogP contribution in [0.2, 0.25) is 0 Å². The third kappa shape index (κ3) is 4.06. The highest BCUT2D eigenvalue weighted by Gasteiger charge is 2.42. The second-order valence-corrected chi connectivity index (χ2v) is 7.07. The maximum absolute atomic E-state index is 13.3. The highest BCUT2D eigenvalue weighted by atomic mass is 16.5. The van der Waals surface area contributed by atoms with Crippen LogP contribution in [0.15, 0.2) is 24.3 Å². The van der Waals surface area contributed by atoms with Gasteiger partial charge in [-0.2, -0.15) is 0 Å². The number of benzene rings is 2. The van der Waals surface area contributed by atoms with Gasteiger partial charge in [0.15, 0.2) is 28.8 Å². The number of aromatic hydroxyl groups is 2. The van der Waals surface area contributed by atoms with E-state index in [1.807, 2.05) is 0 Å². The van der Waals surface area contributed by atoms with Crippen LogP contribution in [0.25, 0.3) is 0 Å². The Hall–Kier alpha value is -3.17. The van der Waals surface area contributed by atoms with Crippen molar-refractivity contribution >= 4 is 5.78 Å². The number of hydrogen-bond acceptors (Lipinski definition) is 9. The fourth-order valence-corrected chi connectivity index (χ4v) is 3.83. The summed E-state index contributed by atoms with van der Waals surface area (Å²) >= 11 is 0. The summed E-state index contributed by atoms with van der Waals surface area (Å²) in [6.07, 6.45) is -0.622. The van der Waals surface area contributed by atoms with E-state index in [0.717, 1.165) is 0 Å². The summed E-state index contributed by atoms with van der Waals surface area (Å²) in [4.78, 5) is 13.3. The smallest absolute Gasteiger partial charge is 0.200 e. The maximum Gasteiger partial charge on any atom is 0.200 e. The van der Waals surface area contributed by atoms with Crippen molar-refractivity contribution in [2.45, 2.75) is 6.10 Å². The zero-order valence-corrected chi connectivity index (χ0v) is 17.7. The molecular formula is C22H26O9. The fraction of sp³-hybridized carbons (Fsp3) is 0.409. The summed E-state index contributed by atoms with van der Waals surface area (Å²) in [5.41, 5.74) is 0.863. The van der Waals surface area contributed by atoms with Gasteiger partial charge in [-0.3, -0.25) is 4.79 Å². The molecule has 0 aliphatic carbocycles. The molecule has 1 aliphatic heterocycles. The molecule has 0 radical (unpaired) electrons. The molecule has 9 nitrogen and oxygen atoms in total. The molecule has 2 aromatic rings. The average molecular weight is 434 g/mol. The number of aliphatic hydroxyl groups is 1. The van der Waals surface area contributed by atoms with E-state index >= 15 is 0 Å². The normalized spacial score (nSPS) is 20.4. The Morgan fingerprint density at radius 3 is 1.77 bits per heavy atom. The number of Topliss-reactive ketones (excluding diaryl/α,β-unsaturated/α-hetero) is 1. The molecule has 1 saturated heterocycles. The van der Waals surface area contributed by atoms with Gasteiger partial charge in [0, 0.05) is 18.1 Å². The van der Waals surface area contributed by atoms with Gasteiger partial charge >= 0.3 is 0 Å². The first-order chi connectivity index (χ1) is 14.9. The van der Waals surface area contributed by atoms with Gasteiger partial charge in [0.2, 0.25) is 11.5 Å². The highest BCUT2D eigenvalue weighted by molar-refractivity contribution is 5.99. The zero-order valence-electron chi connectivity index (χ0n) is 17.7. The van der Waals surface area contributed by atoms with Crippen molar-refractivity contribution in [3.63, 3.8) is 0 Å². The van der Waals surface area contributed by atoms with E-state index in [1.54, 1.807) is 12.1 Å². The van der Waals surface area contributed by atoms with Crippen LogP contribution >= 0.6 is 0 Å². The van der Waals surface area contributed by atoms with Crippen LogP contribution in [0.1, 0.15) is 22.0 Å². The largest absolute Gasteiger partial charge is 0.502 e. The van der Waals surface area contributed by atoms with Gasteiger partial charge in [0.05, 0.1) is 47.1 Å². The molecule has 1 fully saturated rings. The van der Waals surface area contributed by atoms with E-state index in [2.05, 4.69) is 0 Å². The third-order valence-electron chi connectivity index (χ3n) is 5.50. The minimum atomic E-state index is -0.653. The lowest BCUT2D eigenvalue weighted by Gasteiger charge is -2.22. The number of ether oxygens (including phenoxy) is 5. The molecule has 9 heteroatoms. The Morgan fingerprint density at radius 2 is 1.35 bits per heavy atom. The second-order valence-electron chi connectivity index (χ2n) is 7.07. The van der Waals surface area contributed by atoms with E-state index in [1.165, 1.54) is 40.6 Å². The molecule has 168 valence electrons. The molecule has 0 spiro atoms. The van der Waals surface area contributed by atoms with Crippen molar-refractivity contribution in [1.82, 2.24) is 0 Å². The van der Waals surface area contributed by atoms with Gasteiger partial charge in [0.25, 0.3) is 0 Å². The SMILES string of the molecule is COc1cc(C(=O)[C@H]2CO[C@H](c3cc(OC)c(O)c(OC)c3)[C@H]2CO)cc(OC)c1O. The first-order valence-corrected chi connectivity index (χ1v) is 9.56. The fourth-order valence-electron chi connectivity index (χ4n) is 3.83. The molecule has 0 amide bonds. The number of methoxy groups -OCH3 is 4. The monoisotopic (exact) mass is 434 g/mol. The van der Waals surface area contributed by atoms with Crippen LogP contribution < -0.4 is 18.9 Å². The summed E-state index contributed by atoms with van der Waals surface area (Å²) in [6.45, 7) is -0.231. The summed E-state index contributed by atoms with van der Waals surface area (Å²) < 4.78 is 26.5. The third-order valence-corrected chi connectivity index (χ3v) is 5.50. The number of carbonyl (C=O) groups excluding carboxylic acids is 1. The maximum atomic E-state index is 13.3. The summed E-state index contributed by atoms with van der Waals surface area (Å²) in [5, 5.41) is 30.3. The number of aliphatic hydroxyl groups excluding tert-OH is 1. The van der Waals surface area contributed by atoms with E-state index in [9.17, 15) is 20.1 Å². The number of phenols is 2. The topological polar surface area (TPSA) is 124 Å². The molecule has 3 rings (SSSR count). The minimum absolute atomic E-state index is 0.0751. The van der Waals surface area contributed by atoms with Gasteiger partial charge in [-0.05, 0) is 29.8 Å². The molecule has 1 heterocycles. The van der Waals surface area contributed by atoms with E-state index in [0.29, 0.717) is 5.56 Å². The number of rotatable bonds is 8. The van der Waals surface area contributed by atoms with E-state index < -0.39 is 17.9 Å². The predicted molar refractivity (Wildman–Crippen MR) is 110 cm³/mol. The summed E-state index contributed by atoms with van der Waals surface area (Å²) in [6, 6.07) is 6.03. The molecule has 3 N–H and O–H groups in total. The molecule has 3 atom stereocenters. The molecule has 1 aliphatic rings. The Kier molecular flexibility index (Phi) is 6.77. The number of carbonyl (C=O) groups is 1. The Bertz CT molecular complexity index is 906. The van der Waals surface area contributed by atoms with Gasteiger partial charge in [-0.1, -0.05) is 0 Å². The van der Waals surface area contributed by atoms with Crippen LogP contribution in [-0.2, 0) is 4.74 Å². The lowest BCUT2D eigenvalue weighted by atomic mass is 9.83. The quantitative estimate of drug-likeness (QED) is 0.537. The van der Waals surface area contributed by atoms with Crippen molar-refractivity contribution < 1.29 is 43.8 Å². The summed E-state index contributed by atoms with van der Waals surface area (Å²) in [5.74, 6) is -1.26. The predicted octanol–water partition coefficient (Wildman–Crippen LogP) is 2.31. The van der Waals surface area contributed by atoms with Crippen molar-refractivity contribution in [2.75, 3.05) is 41.7 Å². The van der Waals surface area contributed by atoms with Gasteiger partial charge in [0.1, 0.15) is 0 Å². The Morgan fingerprint density at radius 1 is 0.903 bits per heavy atom. The molecule has 0 aromatic heterocycles. The Labute approximate surface area is 179 Å². The molecule has 31 heavy (non-hydrogen) atoms.